The monoisotopic (exact) mass is 491 g/mol. The predicted octanol–water partition coefficient (Wildman–Crippen LogP) is -2.02. The van der Waals surface area contributed by atoms with E-state index in [4.69, 9.17) is 10.8 Å². The molecule has 0 heterocycles. The molecule has 0 spiro atoms. The van der Waals surface area contributed by atoms with Gasteiger partial charge in [-0.1, -0.05) is 27.7 Å². The molecule has 4 atom stereocenters. The van der Waals surface area contributed by atoms with Gasteiger partial charge in [-0.25, -0.2) is 4.79 Å². The Morgan fingerprint density at radius 3 is 1.82 bits per heavy atom. The lowest BCUT2D eigenvalue weighted by molar-refractivity contribution is -0.141. The molecule has 33 heavy (non-hydrogen) atoms. The number of thiol groups is 1. The number of hydrogen-bond donors (Lipinski definition) is 8. The van der Waals surface area contributed by atoms with Crippen LogP contribution in [0.4, 0.5) is 0 Å². The molecular formula is C20H37N5O7S. The maximum absolute atomic E-state index is 12.7. The number of carbonyl (C=O) groups is 5. The van der Waals surface area contributed by atoms with Crippen LogP contribution in [0.1, 0.15) is 40.5 Å². The van der Waals surface area contributed by atoms with Crippen molar-refractivity contribution in [2.45, 2.75) is 64.7 Å². The summed E-state index contributed by atoms with van der Waals surface area (Å²) in [5.74, 6) is -4.04. The third-order valence-corrected chi connectivity index (χ3v) is 4.82. The lowest BCUT2D eigenvalue weighted by atomic mass is 10.0. The van der Waals surface area contributed by atoms with E-state index in [9.17, 15) is 29.1 Å². The van der Waals surface area contributed by atoms with Gasteiger partial charge in [0.1, 0.15) is 18.1 Å². The molecule has 0 unspecified atom stereocenters. The summed E-state index contributed by atoms with van der Waals surface area (Å²) in [6.45, 7) is 6.20. The first-order valence-corrected chi connectivity index (χ1v) is 11.3. The van der Waals surface area contributed by atoms with Gasteiger partial charge in [-0.15, -0.1) is 0 Å². The fourth-order valence-electron chi connectivity index (χ4n) is 2.78. The largest absolute Gasteiger partial charge is 0.480 e. The number of aliphatic hydroxyl groups excluding tert-OH is 1. The van der Waals surface area contributed by atoms with Gasteiger partial charge in [0.2, 0.25) is 23.6 Å². The Bertz CT molecular complexity index is 690. The van der Waals surface area contributed by atoms with E-state index in [0.29, 0.717) is 6.42 Å². The van der Waals surface area contributed by atoms with Crippen LogP contribution in [0.15, 0.2) is 0 Å². The van der Waals surface area contributed by atoms with Crippen molar-refractivity contribution in [2.75, 3.05) is 18.9 Å². The summed E-state index contributed by atoms with van der Waals surface area (Å²) in [5, 5.41) is 27.8. The summed E-state index contributed by atoms with van der Waals surface area (Å²) >= 11 is 3.82. The minimum absolute atomic E-state index is 0.0292. The third-order valence-electron chi connectivity index (χ3n) is 4.46. The van der Waals surface area contributed by atoms with Gasteiger partial charge in [0.25, 0.3) is 0 Å². The van der Waals surface area contributed by atoms with Crippen molar-refractivity contribution in [3.8, 4) is 0 Å². The molecule has 0 aliphatic rings. The molecule has 0 rings (SSSR count). The molecule has 8 N–H and O–H groups in total. The van der Waals surface area contributed by atoms with Crippen LogP contribution in [-0.2, 0) is 24.0 Å². The lowest BCUT2D eigenvalue weighted by Gasteiger charge is -2.25. The van der Waals surface area contributed by atoms with Crippen molar-refractivity contribution in [1.82, 2.24) is 21.3 Å². The average molecular weight is 492 g/mol. The summed E-state index contributed by atoms with van der Waals surface area (Å²) in [4.78, 5) is 60.1. The molecule has 0 saturated heterocycles. The number of rotatable bonds is 15. The van der Waals surface area contributed by atoms with Gasteiger partial charge < -0.3 is 37.2 Å². The SMILES string of the molecule is CC(C)C[C@H](NC(=O)[C@@H](N)CC(C)C)C(=O)N[C@@H](CO)C(=O)NCC(=O)N[C@@H](CS)C(=O)O. The first-order chi connectivity index (χ1) is 15.3. The van der Waals surface area contributed by atoms with E-state index in [1.165, 1.54) is 0 Å². The van der Waals surface area contributed by atoms with Crippen LogP contribution in [0.25, 0.3) is 0 Å². The fourth-order valence-corrected chi connectivity index (χ4v) is 3.03. The number of aliphatic hydroxyl groups is 1. The van der Waals surface area contributed by atoms with Crippen LogP contribution < -0.4 is 27.0 Å². The van der Waals surface area contributed by atoms with Crippen molar-refractivity contribution in [3.63, 3.8) is 0 Å². The quantitative estimate of drug-likeness (QED) is 0.120. The predicted molar refractivity (Wildman–Crippen MR) is 124 cm³/mol. The zero-order valence-corrected chi connectivity index (χ0v) is 20.4. The molecule has 0 aromatic rings. The molecule has 0 fully saturated rings. The Morgan fingerprint density at radius 2 is 1.36 bits per heavy atom. The zero-order chi connectivity index (χ0) is 25.7. The summed E-state index contributed by atoms with van der Waals surface area (Å²) < 4.78 is 0. The van der Waals surface area contributed by atoms with Crippen LogP contribution in [0.5, 0.6) is 0 Å². The van der Waals surface area contributed by atoms with E-state index >= 15 is 0 Å². The topological polar surface area (TPSA) is 200 Å². The van der Waals surface area contributed by atoms with Gasteiger partial charge in [-0.2, -0.15) is 12.6 Å². The van der Waals surface area contributed by atoms with Crippen LogP contribution in [0.3, 0.4) is 0 Å². The standard InChI is InChI=1S/C20H37N5O7S/c1-10(2)5-12(21)17(28)24-13(6-11(3)4)19(30)25-14(8-26)18(29)22-7-16(27)23-15(9-33)20(31)32/h10-15,26,33H,5-9,21H2,1-4H3,(H,22,29)(H,23,27)(H,24,28)(H,25,30)(H,31,32)/t12-,13-,14-,15-/m0/s1. The van der Waals surface area contributed by atoms with Gasteiger partial charge in [0, 0.05) is 5.75 Å². The highest BCUT2D eigenvalue weighted by molar-refractivity contribution is 7.80. The molecular weight excluding hydrogens is 454 g/mol. The van der Waals surface area contributed by atoms with E-state index in [1.807, 2.05) is 27.7 Å². The van der Waals surface area contributed by atoms with Crippen molar-refractivity contribution in [3.05, 3.63) is 0 Å². The molecule has 0 aliphatic heterocycles. The Hall–Kier alpha value is -2.38. The van der Waals surface area contributed by atoms with Crippen molar-refractivity contribution in [2.24, 2.45) is 17.6 Å². The second-order valence-corrected chi connectivity index (χ2v) is 8.89. The molecule has 0 aromatic carbocycles. The first-order valence-electron chi connectivity index (χ1n) is 10.7. The smallest absolute Gasteiger partial charge is 0.327 e. The van der Waals surface area contributed by atoms with Crippen LogP contribution >= 0.6 is 12.6 Å². The molecule has 4 amide bonds. The minimum Gasteiger partial charge on any atom is -0.480 e. The van der Waals surface area contributed by atoms with Crippen LogP contribution in [0, 0.1) is 11.8 Å². The van der Waals surface area contributed by atoms with E-state index in [0.717, 1.165) is 0 Å². The molecule has 0 aromatic heterocycles. The molecule has 12 nitrogen and oxygen atoms in total. The summed E-state index contributed by atoms with van der Waals surface area (Å²) in [7, 11) is 0. The molecule has 190 valence electrons. The molecule has 0 aliphatic carbocycles. The Kier molecular flexibility index (Phi) is 14.3. The summed E-state index contributed by atoms with van der Waals surface area (Å²) in [6.07, 6.45) is 0.704. The van der Waals surface area contributed by atoms with E-state index in [2.05, 4.69) is 33.9 Å². The Morgan fingerprint density at radius 1 is 0.818 bits per heavy atom. The highest BCUT2D eigenvalue weighted by atomic mass is 32.1. The van der Waals surface area contributed by atoms with Crippen LogP contribution in [0.2, 0.25) is 0 Å². The maximum Gasteiger partial charge on any atom is 0.327 e. The van der Waals surface area contributed by atoms with E-state index in [-0.39, 0.29) is 24.0 Å². The lowest BCUT2D eigenvalue weighted by Crippen LogP contribution is -2.57. The molecule has 0 bridgehead atoms. The number of nitrogens with one attached hydrogen (secondary N) is 4. The molecule has 13 heteroatoms. The second-order valence-electron chi connectivity index (χ2n) is 8.53. The minimum atomic E-state index is -1.39. The van der Waals surface area contributed by atoms with Crippen molar-refractivity contribution < 1.29 is 34.2 Å². The number of carboxylic acids is 1. The number of carboxylic acid groups (broad SMARTS) is 1. The normalized spacial score (nSPS) is 14.7. The van der Waals surface area contributed by atoms with E-state index < -0.39 is 66.9 Å². The number of nitrogens with two attached hydrogens (primary N) is 1. The van der Waals surface area contributed by atoms with Gasteiger partial charge in [0.05, 0.1) is 19.2 Å². The Labute approximate surface area is 199 Å². The fraction of sp³-hybridized carbons (Fsp3) is 0.750. The second kappa shape index (κ2) is 15.5. The van der Waals surface area contributed by atoms with Gasteiger partial charge in [-0.05, 0) is 24.7 Å². The summed E-state index contributed by atoms with van der Waals surface area (Å²) in [6, 6.07) is -4.39. The van der Waals surface area contributed by atoms with Crippen molar-refractivity contribution in [1.29, 1.82) is 0 Å². The van der Waals surface area contributed by atoms with Crippen LogP contribution in [-0.4, -0.2) is 82.9 Å². The highest BCUT2D eigenvalue weighted by Gasteiger charge is 2.29. The third kappa shape index (κ3) is 12.4. The van der Waals surface area contributed by atoms with Gasteiger partial charge in [0.15, 0.2) is 0 Å². The average Bonchev–Trinajstić information content (AvgIpc) is 2.72. The zero-order valence-electron chi connectivity index (χ0n) is 19.5. The van der Waals surface area contributed by atoms with Gasteiger partial charge in [-0.3, -0.25) is 19.2 Å². The number of amides is 4. The molecule has 0 saturated carbocycles. The summed E-state index contributed by atoms with van der Waals surface area (Å²) in [5.41, 5.74) is 5.88. The highest BCUT2D eigenvalue weighted by Crippen LogP contribution is 2.08. The number of aliphatic carboxylic acids is 1. The van der Waals surface area contributed by atoms with Crippen molar-refractivity contribution >= 4 is 42.2 Å². The maximum atomic E-state index is 12.7. The molecule has 0 radical (unpaired) electrons. The van der Waals surface area contributed by atoms with E-state index in [1.54, 1.807) is 0 Å². The Balaban J connectivity index is 5.02. The van der Waals surface area contributed by atoms with Gasteiger partial charge >= 0.3 is 5.97 Å². The number of hydrogen-bond acceptors (Lipinski definition) is 8. The number of carbonyl (C=O) groups excluding carboxylic acids is 4. The first kappa shape index (κ1) is 30.6.